The smallest absolute Gasteiger partial charge is 0.264 e. The molecule has 0 radical (unpaired) electrons. The van der Waals surface area contributed by atoms with Gasteiger partial charge in [-0.25, -0.2) is 8.42 Å². The summed E-state index contributed by atoms with van der Waals surface area (Å²) in [7, 11) is -4.17. The van der Waals surface area contributed by atoms with E-state index in [1.165, 1.54) is 29.2 Å². The van der Waals surface area contributed by atoms with Gasteiger partial charge in [-0.1, -0.05) is 55.3 Å². The largest absolute Gasteiger partial charge is 0.494 e. The lowest BCUT2D eigenvalue weighted by Gasteiger charge is -2.32. The van der Waals surface area contributed by atoms with Crippen LogP contribution in [0.1, 0.15) is 39.2 Å². The number of ether oxygens (including phenoxy) is 1. The summed E-state index contributed by atoms with van der Waals surface area (Å²) in [5.74, 6) is -0.202. The van der Waals surface area contributed by atoms with Crippen LogP contribution < -0.4 is 14.4 Å². The normalized spacial score (nSPS) is 11.9. The molecule has 1 unspecified atom stereocenters. The molecule has 3 rings (SSSR count). The van der Waals surface area contributed by atoms with E-state index in [4.69, 9.17) is 16.3 Å². The highest BCUT2D eigenvalue weighted by Gasteiger charge is 2.32. The summed E-state index contributed by atoms with van der Waals surface area (Å²) in [5.41, 5.74) is 1.29. The number of anilines is 1. The second-order valence-corrected chi connectivity index (χ2v) is 11.8. The molecule has 2 amide bonds. The van der Waals surface area contributed by atoms with E-state index in [9.17, 15) is 18.0 Å². The van der Waals surface area contributed by atoms with Crippen LogP contribution >= 0.6 is 11.6 Å². The summed E-state index contributed by atoms with van der Waals surface area (Å²) >= 11 is 6.01. The molecule has 0 saturated carbocycles. The molecule has 10 heteroatoms. The van der Waals surface area contributed by atoms with E-state index < -0.39 is 28.5 Å². The lowest BCUT2D eigenvalue weighted by Crippen LogP contribution is -2.52. The molecule has 0 aliphatic carbocycles. The third kappa shape index (κ3) is 8.96. The van der Waals surface area contributed by atoms with Crippen molar-refractivity contribution in [3.8, 4) is 5.75 Å². The number of hydrogen-bond donors (Lipinski definition) is 1. The first kappa shape index (κ1) is 32.0. The van der Waals surface area contributed by atoms with Gasteiger partial charge in [0.05, 0.1) is 17.2 Å². The predicted octanol–water partition coefficient (Wildman–Crippen LogP) is 5.31. The number of nitrogens with zero attached hydrogens (tertiary/aromatic N) is 2. The fourth-order valence-electron chi connectivity index (χ4n) is 4.24. The van der Waals surface area contributed by atoms with Crippen LogP contribution in [0.2, 0.25) is 5.02 Å². The van der Waals surface area contributed by atoms with Crippen LogP contribution in [-0.2, 0) is 26.0 Å². The Bertz CT molecular complexity index is 1370. The maximum absolute atomic E-state index is 13.9. The molecule has 0 bridgehead atoms. The molecule has 0 aromatic heterocycles. The molecule has 0 heterocycles. The molecule has 8 nitrogen and oxygen atoms in total. The molecular weight excluding hydrogens is 562 g/mol. The Labute approximate surface area is 248 Å². The molecule has 41 heavy (non-hydrogen) atoms. The van der Waals surface area contributed by atoms with Gasteiger partial charge in [0.2, 0.25) is 11.8 Å². The van der Waals surface area contributed by atoms with Crippen molar-refractivity contribution in [2.45, 2.75) is 51.0 Å². The van der Waals surface area contributed by atoms with Crippen molar-refractivity contribution in [1.82, 2.24) is 10.2 Å². The van der Waals surface area contributed by atoms with Gasteiger partial charge in [0.25, 0.3) is 10.0 Å². The quantitative estimate of drug-likeness (QED) is 0.239. The Morgan fingerprint density at radius 3 is 2.22 bits per heavy atom. The van der Waals surface area contributed by atoms with Gasteiger partial charge in [-0.2, -0.15) is 0 Å². The summed E-state index contributed by atoms with van der Waals surface area (Å²) in [6.07, 6.45) is 2.25. The third-order valence-corrected chi connectivity index (χ3v) is 8.64. The molecule has 1 atom stereocenters. The summed E-state index contributed by atoms with van der Waals surface area (Å²) in [6, 6.07) is 21.1. The highest BCUT2D eigenvalue weighted by Crippen LogP contribution is 2.27. The zero-order valence-corrected chi connectivity index (χ0v) is 25.3. The minimum Gasteiger partial charge on any atom is -0.494 e. The van der Waals surface area contributed by atoms with Gasteiger partial charge in [0.15, 0.2) is 0 Å². The van der Waals surface area contributed by atoms with Gasteiger partial charge < -0.3 is 15.0 Å². The maximum atomic E-state index is 13.9. The Hall–Kier alpha value is -3.56. The van der Waals surface area contributed by atoms with Crippen LogP contribution in [0.15, 0.2) is 83.8 Å². The number of rotatable bonds is 15. The minimum atomic E-state index is -4.17. The second kappa shape index (κ2) is 15.4. The number of unbranched alkanes of at least 4 members (excludes halogenated alkanes) is 1. The SMILES string of the molecule is CCCCNC(=O)C(C)N(CCc1ccccc1)C(=O)CN(c1ccc(OCC)cc1)S(=O)(=O)c1ccc(Cl)cc1. The molecule has 0 fully saturated rings. The first-order chi connectivity index (χ1) is 19.7. The monoisotopic (exact) mass is 599 g/mol. The third-order valence-electron chi connectivity index (χ3n) is 6.60. The zero-order chi connectivity index (χ0) is 29.8. The van der Waals surface area contributed by atoms with E-state index >= 15 is 0 Å². The van der Waals surface area contributed by atoms with Gasteiger partial charge in [-0.3, -0.25) is 13.9 Å². The van der Waals surface area contributed by atoms with Gasteiger partial charge in [0.1, 0.15) is 18.3 Å². The van der Waals surface area contributed by atoms with Crippen LogP contribution in [-0.4, -0.2) is 57.4 Å². The molecule has 3 aromatic rings. The number of carbonyl (C=O) groups is 2. The molecule has 220 valence electrons. The Morgan fingerprint density at radius 2 is 1.61 bits per heavy atom. The molecule has 0 saturated heterocycles. The summed E-state index contributed by atoms with van der Waals surface area (Å²) in [4.78, 5) is 28.4. The summed E-state index contributed by atoms with van der Waals surface area (Å²) < 4.78 is 34.3. The predicted molar refractivity (Wildman–Crippen MR) is 163 cm³/mol. The summed E-state index contributed by atoms with van der Waals surface area (Å²) in [5, 5.41) is 3.28. The van der Waals surface area contributed by atoms with Gasteiger partial charge >= 0.3 is 0 Å². The van der Waals surface area contributed by atoms with E-state index in [1.54, 1.807) is 31.2 Å². The fourth-order valence-corrected chi connectivity index (χ4v) is 5.78. The lowest BCUT2D eigenvalue weighted by atomic mass is 10.1. The van der Waals surface area contributed by atoms with Crippen molar-refractivity contribution in [3.63, 3.8) is 0 Å². The van der Waals surface area contributed by atoms with Crippen molar-refractivity contribution < 1.29 is 22.7 Å². The number of sulfonamides is 1. The van der Waals surface area contributed by atoms with Crippen LogP contribution in [0.25, 0.3) is 0 Å². The highest BCUT2D eigenvalue weighted by atomic mass is 35.5. The molecule has 0 aliphatic rings. The van der Waals surface area contributed by atoms with Gasteiger partial charge in [0, 0.05) is 18.1 Å². The number of benzene rings is 3. The topological polar surface area (TPSA) is 96.0 Å². The Morgan fingerprint density at radius 1 is 0.951 bits per heavy atom. The van der Waals surface area contributed by atoms with E-state index in [0.29, 0.717) is 36.0 Å². The lowest BCUT2D eigenvalue weighted by molar-refractivity contribution is -0.138. The van der Waals surface area contributed by atoms with Crippen molar-refractivity contribution in [2.24, 2.45) is 0 Å². The zero-order valence-electron chi connectivity index (χ0n) is 23.8. The van der Waals surface area contributed by atoms with Crippen LogP contribution in [0.4, 0.5) is 5.69 Å². The van der Waals surface area contributed by atoms with E-state index in [2.05, 4.69) is 5.32 Å². The highest BCUT2D eigenvalue weighted by molar-refractivity contribution is 7.92. The Balaban J connectivity index is 1.95. The number of halogens is 1. The van der Waals surface area contributed by atoms with Gasteiger partial charge in [-0.05, 0) is 80.8 Å². The average Bonchev–Trinajstić information content (AvgIpc) is 2.97. The fraction of sp³-hybridized carbons (Fsp3) is 0.355. The number of amides is 2. The average molecular weight is 600 g/mol. The van der Waals surface area contributed by atoms with Crippen molar-refractivity contribution in [1.29, 1.82) is 0 Å². The maximum Gasteiger partial charge on any atom is 0.264 e. The first-order valence-corrected chi connectivity index (χ1v) is 15.6. The van der Waals surface area contributed by atoms with Crippen LogP contribution in [0, 0.1) is 0 Å². The molecular formula is C31H38ClN3O5S. The van der Waals surface area contributed by atoms with Gasteiger partial charge in [-0.15, -0.1) is 0 Å². The Kier molecular flexibility index (Phi) is 12.0. The molecule has 0 spiro atoms. The van der Waals surface area contributed by atoms with E-state index in [-0.39, 0.29) is 17.3 Å². The first-order valence-electron chi connectivity index (χ1n) is 13.8. The van der Waals surface area contributed by atoms with Crippen molar-refractivity contribution in [2.75, 3.05) is 30.5 Å². The summed E-state index contributed by atoms with van der Waals surface area (Å²) in [6.45, 7) is 6.25. The standard InChI is InChI=1S/C31H38ClN3O5S/c1-4-6-21-33-31(37)24(3)34(22-20-25-10-8-7-9-11-25)30(36)23-35(27-14-16-28(17-15-27)40-5-2)41(38,39)29-18-12-26(32)13-19-29/h7-19,24H,4-6,20-23H2,1-3H3,(H,33,37). The second-order valence-electron chi connectivity index (χ2n) is 9.54. The minimum absolute atomic E-state index is 0.00947. The number of hydrogen-bond acceptors (Lipinski definition) is 5. The van der Waals surface area contributed by atoms with Crippen LogP contribution in [0.3, 0.4) is 0 Å². The molecule has 0 aliphatic heterocycles. The van der Waals surface area contributed by atoms with E-state index in [0.717, 1.165) is 22.7 Å². The molecule has 1 N–H and O–H groups in total. The van der Waals surface area contributed by atoms with E-state index in [1.807, 2.05) is 44.2 Å². The van der Waals surface area contributed by atoms with Crippen LogP contribution in [0.5, 0.6) is 5.75 Å². The number of nitrogens with one attached hydrogen (secondary N) is 1. The van der Waals surface area contributed by atoms with Crippen molar-refractivity contribution in [3.05, 3.63) is 89.4 Å². The number of carbonyl (C=O) groups excluding carboxylic acids is 2. The molecule has 3 aromatic carbocycles. The van der Waals surface area contributed by atoms with Crippen molar-refractivity contribution >= 4 is 39.1 Å².